The zero-order chi connectivity index (χ0) is 12.3. The Labute approximate surface area is 99.3 Å². The highest BCUT2D eigenvalue weighted by molar-refractivity contribution is 5.92. The van der Waals surface area contributed by atoms with Gasteiger partial charge in [-0.05, 0) is 23.3 Å². The van der Waals surface area contributed by atoms with Crippen molar-refractivity contribution < 1.29 is 14.6 Å². The molecule has 0 aliphatic heterocycles. The van der Waals surface area contributed by atoms with Crippen LogP contribution in [0.2, 0.25) is 0 Å². The molecular formula is C14H12O3. The third kappa shape index (κ3) is 2.28. The van der Waals surface area contributed by atoms with Crippen LogP contribution in [-0.4, -0.2) is 18.2 Å². The number of hydrogen-bond donors (Lipinski definition) is 1. The largest absolute Gasteiger partial charge is 0.496 e. The first-order valence-electron chi connectivity index (χ1n) is 5.19. The van der Waals surface area contributed by atoms with Crippen molar-refractivity contribution in [2.24, 2.45) is 0 Å². The maximum atomic E-state index is 11.1. The summed E-state index contributed by atoms with van der Waals surface area (Å²) in [5, 5.41) is 9.09. The van der Waals surface area contributed by atoms with E-state index in [1.165, 1.54) is 7.11 Å². The molecule has 2 aromatic carbocycles. The Morgan fingerprint density at radius 2 is 1.76 bits per heavy atom. The van der Waals surface area contributed by atoms with Crippen LogP contribution in [0.5, 0.6) is 5.75 Å². The molecule has 17 heavy (non-hydrogen) atoms. The van der Waals surface area contributed by atoms with E-state index in [1.807, 2.05) is 36.4 Å². The number of carboxylic acids is 1. The highest BCUT2D eigenvalue weighted by atomic mass is 16.5. The average molecular weight is 228 g/mol. The monoisotopic (exact) mass is 228 g/mol. The normalized spacial score (nSPS) is 9.94. The number of aromatic carboxylic acids is 1. The molecule has 0 atom stereocenters. The van der Waals surface area contributed by atoms with E-state index in [1.54, 1.807) is 12.1 Å². The van der Waals surface area contributed by atoms with Crippen molar-refractivity contribution in [2.75, 3.05) is 7.11 Å². The first kappa shape index (κ1) is 11.2. The van der Waals surface area contributed by atoms with Crippen LogP contribution in [0.3, 0.4) is 0 Å². The SMILES string of the molecule is COc1ccc(-c2ccccc2)cc1C(=O)O. The zero-order valence-electron chi connectivity index (χ0n) is 9.38. The van der Waals surface area contributed by atoms with Gasteiger partial charge in [-0.25, -0.2) is 4.79 Å². The lowest BCUT2D eigenvalue weighted by molar-refractivity contribution is 0.0693. The van der Waals surface area contributed by atoms with Crippen molar-refractivity contribution in [3.05, 3.63) is 54.1 Å². The Hall–Kier alpha value is -2.29. The summed E-state index contributed by atoms with van der Waals surface area (Å²) in [5.74, 6) is -0.614. The number of carboxylic acid groups (broad SMARTS) is 1. The molecule has 0 unspecified atom stereocenters. The van der Waals surface area contributed by atoms with Gasteiger partial charge in [-0.1, -0.05) is 36.4 Å². The number of benzene rings is 2. The summed E-state index contributed by atoms with van der Waals surface area (Å²) >= 11 is 0. The third-order valence-corrected chi connectivity index (χ3v) is 2.54. The minimum Gasteiger partial charge on any atom is -0.496 e. The van der Waals surface area contributed by atoms with Gasteiger partial charge in [0.25, 0.3) is 0 Å². The van der Waals surface area contributed by atoms with Crippen LogP contribution in [0, 0.1) is 0 Å². The van der Waals surface area contributed by atoms with Crippen molar-refractivity contribution in [1.82, 2.24) is 0 Å². The van der Waals surface area contributed by atoms with E-state index in [2.05, 4.69) is 0 Å². The Kier molecular flexibility index (Phi) is 3.10. The summed E-state index contributed by atoms with van der Waals surface area (Å²) in [4.78, 5) is 11.1. The second-order valence-electron chi connectivity index (χ2n) is 3.59. The van der Waals surface area contributed by atoms with E-state index in [4.69, 9.17) is 9.84 Å². The molecule has 3 nitrogen and oxygen atoms in total. The number of hydrogen-bond acceptors (Lipinski definition) is 2. The molecule has 2 aromatic rings. The Balaban J connectivity index is 2.51. The van der Waals surface area contributed by atoms with Crippen LogP contribution < -0.4 is 4.74 Å². The fraction of sp³-hybridized carbons (Fsp3) is 0.0714. The smallest absolute Gasteiger partial charge is 0.339 e. The van der Waals surface area contributed by atoms with Crippen molar-refractivity contribution >= 4 is 5.97 Å². The zero-order valence-corrected chi connectivity index (χ0v) is 9.38. The molecule has 0 aromatic heterocycles. The van der Waals surface area contributed by atoms with Gasteiger partial charge in [-0.3, -0.25) is 0 Å². The highest BCUT2D eigenvalue weighted by Crippen LogP contribution is 2.26. The summed E-state index contributed by atoms with van der Waals surface area (Å²) in [5.41, 5.74) is 2.02. The first-order valence-corrected chi connectivity index (χ1v) is 5.19. The number of methoxy groups -OCH3 is 1. The maximum absolute atomic E-state index is 11.1. The van der Waals surface area contributed by atoms with Crippen LogP contribution >= 0.6 is 0 Å². The van der Waals surface area contributed by atoms with E-state index >= 15 is 0 Å². The van der Waals surface area contributed by atoms with Crippen molar-refractivity contribution in [2.45, 2.75) is 0 Å². The Morgan fingerprint density at radius 1 is 1.06 bits per heavy atom. The van der Waals surface area contributed by atoms with Gasteiger partial charge in [0.15, 0.2) is 0 Å². The predicted molar refractivity (Wildman–Crippen MR) is 65.4 cm³/mol. The molecule has 3 heteroatoms. The van der Waals surface area contributed by atoms with E-state index in [0.29, 0.717) is 5.75 Å². The van der Waals surface area contributed by atoms with Gasteiger partial charge in [0.05, 0.1) is 7.11 Å². The number of ether oxygens (including phenoxy) is 1. The van der Waals surface area contributed by atoms with E-state index < -0.39 is 5.97 Å². The molecule has 0 aliphatic carbocycles. The van der Waals surface area contributed by atoms with Gasteiger partial charge in [0, 0.05) is 0 Å². The first-order chi connectivity index (χ1) is 8.22. The average Bonchev–Trinajstić information content (AvgIpc) is 2.39. The molecule has 0 spiro atoms. The minimum atomic E-state index is -0.986. The summed E-state index contributed by atoms with van der Waals surface area (Å²) in [6, 6.07) is 14.8. The summed E-state index contributed by atoms with van der Waals surface area (Å²) in [6.07, 6.45) is 0. The molecule has 0 saturated carbocycles. The van der Waals surface area contributed by atoms with E-state index in [0.717, 1.165) is 11.1 Å². The minimum absolute atomic E-state index is 0.175. The van der Waals surface area contributed by atoms with Gasteiger partial charge in [-0.2, -0.15) is 0 Å². The molecule has 0 amide bonds. The molecular weight excluding hydrogens is 216 g/mol. The molecule has 0 fully saturated rings. The molecule has 0 radical (unpaired) electrons. The van der Waals surface area contributed by atoms with E-state index in [9.17, 15) is 4.79 Å². The van der Waals surface area contributed by atoms with Crippen LogP contribution in [-0.2, 0) is 0 Å². The number of carbonyl (C=O) groups is 1. The topological polar surface area (TPSA) is 46.5 Å². The van der Waals surface area contributed by atoms with Crippen LogP contribution in [0.1, 0.15) is 10.4 Å². The summed E-state index contributed by atoms with van der Waals surface area (Å²) in [6.45, 7) is 0. The number of rotatable bonds is 3. The van der Waals surface area contributed by atoms with Crippen LogP contribution in [0.25, 0.3) is 11.1 Å². The predicted octanol–water partition coefficient (Wildman–Crippen LogP) is 3.06. The van der Waals surface area contributed by atoms with Crippen molar-refractivity contribution in [3.63, 3.8) is 0 Å². The van der Waals surface area contributed by atoms with Crippen molar-refractivity contribution in [3.8, 4) is 16.9 Å². The third-order valence-electron chi connectivity index (χ3n) is 2.54. The maximum Gasteiger partial charge on any atom is 0.339 e. The van der Waals surface area contributed by atoms with Crippen LogP contribution in [0.15, 0.2) is 48.5 Å². The van der Waals surface area contributed by atoms with Gasteiger partial charge in [0.2, 0.25) is 0 Å². The lowest BCUT2D eigenvalue weighted by Gasteiger charge is -2.07. The quantitative estimate of drug-likeness (QED) is 0.878. The second kappa shape index (κ2) is 4.70. The van der Waals surface area contributed by atoms with Crippen LogP contribution in [0.4, 0.5) is 0 Å². The molecule has 2 rings (SSSR count). The molecule has 0 bridgehead atoms. The van der Waals surface area contributed by atoms with E-state index in [-0.39, 0.29) is 5.56 Å². The molecule has 86 valence electrons. The van der Waals surface area contributed by atoms with Gasteiger partial charge >= 0.3 is 5.97 Å². The Morgan fingerprint density at radius 3 is 2.35 bits per heavy atom. The summed E-state index contributed by atoms with van der Waals surface area (Å²) < 4.78 is 5.02. The van der Waals surface area contributed by atoms with Crippen molar-refractivity contribution in [1.29, 1.82) is 0 Å². The fourth-order valence-corrected chi connectivity index (χ4v) is 1.69. The molecule has 0 saturated heterocycles. The highest BCUT2D eigenvalue weighted by Gasteiger charge is 2.11. The standard InChI is InChI=1S/C14H12O3/c1-17-13-8-7-11(9-12(13)14(15)16)10-5-3-2-4-6-10/h2-9H,1H3,(H,15,16). The second-order valence-corrected chi connectivity index (χ2v) is 3.59. The summed E-state index contributed by atoms with van der Waals surface area (Å²) in [7, 11) is 1.46. The molecule has 0 heterocycles. The van der Waals surface area contributed by atoms with Gasteiger partial charge in [0.1, 0.15) is 11.3 Å². The molecule has 1 N–H and O–H groups in total. The van der Waals surface area contributed by atoms with Gasteiger partial charge in [-0.15, -0.1) is 0 Å². The Bertz CT molecular complexity index is 532. The fourth-order valence-electron chi connectivity index (χ4n) is 1.69. The lowest BCUT2D eigenvalue weighted by atomic mass is 10.0. The lowest BCUT2D eigenvalue weighted by Crippen LogP contribution is -2.00. The van der Waals surface area contributed by atoms with Gasteiger partial charge < -0.3 is 9.84 Å². The molecule has 0 aliphatic rings.